The van der Waals surface area contributed by atoms with Gasteiger partial charge in [-0.25, -0.2) is 0 Å². The number of anilines is 1. The molecule has 92 valence electrons. The van der Waals surface area contributed by atoms with Crippen LogP contribution in [0, 0.1) is 11.3 Å². The lowest BCUT2D eigenvalue weighted by molar-refractivity contribution is -0.145. The predicted octanol–water partition coefficient (Wildman–Crippen LogP) is 1.04. The number of benzene rings is 1. The molecule has 0 saturated carbocycles. The molecule has 18 heavy (non-hydrogen) atoms. The molecule has 0 bridgehead atoms. The highest BCUT2D eigenvalue weighted by Gasteiger charge is 2.33. The number of amides is 2. The number of carbonyl (C=O) groups excluding carboxylic acids is 2. The maximum Gasteiger partial charge on any atom is 0.316 e. The Hall–Kier alpha value is -2.06. The van der Waals surface area contributed by atoms with Gasteiger partial charge >= 0.3 is 11.8 Å². The molecule has 0 spiro atoms. The van der Waals surface area contributed by atoms with Gasteiger partial charge in [0.2, 0.25) is 0 Å². The zero-order valence-electron chi connectivity index (χ0n) is 9.47. The molecule has 1 fully saturated rings. The second kappa shape index (κ2) is 5.07. The minimum absolute atomic E-state index is 0.0685. The number of halogens is 1. The average molecular weight is 264 g/mol. The molecule has 0 aromatic heterocycles. The Labute approximate surface area is 109 Å². The predicted molar refractivity (Wildman–Crippen MR) is 66.0 cm³/mol. The molecule has 0 unspecified atom stereocenters. The summed E-state index contributed by atoms with van der Waals surface area (Å²) in [7, 11) is 0. The van der Waals surface area contributed by atoms with E-state index in [4.69, 9.17) is 16.9 Å². The minimum atomic E-state index is -0.664. The first-order chi connectivity index (χ1) is 8.65. The average Bonchev–Trinajstić information content (AvgIpc) is 2.37. The number of carbonyl (C=O) groups is 2. The van der Waals surface area contributed by atoms with Crippen LogP contribution in [0.4, 0.5) is 5.69 Å². The fourth-order valence-electron chi connectivity index (χ4n) is 1.81. The van der Waals surface area contributed by atoms with Crippen molar-refractivity contribution in [3.05, 3.63) is 29.3 Å². The highest BCUT2D eigenvalue weighted by atomic mass is 35.5. The van der Waals surface area contributed by atoms with Crippen molar-refractivity contribution < 1.29 is 9.59 Å². The SMILES string of the molecule is N#CCN1CCN(c2ccccc2Cl)C(=O)C1=O. The summed E-state index contributed by atoms with van der Waals surface area (Å²) in [5.41, 5.74) is 0.522. The van der Waals surface area contributed by atoms with Crippen LogP contribution in [0.15, 0.2) is 24.3 Å². The summed E-state index contributed by atoms with van der Waals surface area (Å²) < 4.78 is 0. The minimum Gasteiger partial charge on any atom is -0.319 e. The molecule has 0 aliphatic carbocycles. The van der Waals surface area contributed by atoms with Gasteiger partial charge in [0.25, 0.3) is 0 Å². The second-order valence-corrected chi connectivity index (χ2v) is 4.20. The zero-order valence-corrected chi connectivity index (χ0v) is 10.2. The van der Waals surface area contributed by atoms with Crippen LogP contribution in [0.5, 0.6) is 0 Å². The van der Waals surface area contributed by atoms with E-state index in [0.717, 1.165) is 0 Å². The van der Waals surface area contributed by atoms with E-state index in [9.17, 15) is 9.59 Å². The van der Waals surface area contributed by atoms with Gasteiger partial charge in [-0.3, -0.25) is 9.59 Å². The van der Waals surface area contributed by atoms with Gasteiger partial charge in [0.15, 0.2) is 0 Å². The molecule has 1 aromatic rings. The van der Waals surface area contributed by atoms with Crippen molar-refractivity contribution in [3.8, 4) is 6.07 Å². The lowest BCUT2D eigenvalue weighted by atomic mass is 10.2. The Balaban J connectivity index is 2.24. The van der Waals surface area contributed by atoms with E-state index in [1.54, 1.807) is 24.3 Å². The maximum atomic E-state index is 11.9. The van der Waals surface area contributed by atoms with Crippen LogP contribution in [0.2, 0.25) is 5.02 Å². The molecule has 0 atom stereocenters. The highest BCUT2D eigenvalue weighted by molar-refractivity contribution is 6.42. The first kappa shape index (κ1) is 12.4. The summed E-state index contributed by atoms with van der Waals surface area (Å²) in [6, 6.07) is 8.72. The highest BCUT2D eigenvalue weighted by Crippen LogP contribution is 2.26. The topological polar surface area (TPSA) is 64.4 Å². The van der Waals surface area contributed by atoms with Crippen LogP contribution in [-0.2, 0) is 9.59 Å². The van der Waals surface area contributed by atoms with Gasteiger partial charge in [0, 0.05) is 13.1 Å². The van der Waals surface area contributed by atoms with Gasteiger partial charge in [-0.2, -0.15) is 5.26 Å². The van der Waals surface area contributed by atoms with E-state index < -0.39 is 11.8 Å². The standard InChI is InChI=1S/C12H10ClN3O2/c13-9-3-1-2-4-10(9)16-8-7-15(6-5-14)11(17)12(16)18/h1-4H,6-8H2. The van der Waals surface area contributed by atoms with Gasteiger partial charge in [0.05, 0.1) is 16.8 Å². The third-order valence-electron chi connectivity index (χ3n) is 2.71. The molecule has 0 radical (unpaired) electrons. The Morgan fingerprint density at radius 1 is 1.22 bits per heavy atom. The molecule has 5 nitrogen and oxygen atoms in total. The third-order valence-corrected chi connectivity index (χ3v) is 3.03. The quantitative estimate of drug-likeness (QED) is 0.592. The van der Waals surface area contributed by atoms with Crippen LogP contribution >= 0.6 is 11.6 Å². The summed E-state index contributed by atoms with van der Waals surface area (Å²) in [4.78, 5) is 26.3. The van der Waals surface area contributed by atoms with Crippen molar-refractivity contribution in [2.24, 2.45) is 0 Å². The third kappa shape index (κ3) is 2.15. The van der Waals surface area contributed by atoms with Gasteiger partial charge in [-0.1, -0.05) is 23.7 Å². The number of para-hydroxylation sites is 1. The monoisotopic (exact) mass is 263 g/mol. The fourth-order valence-corrected chi connectivity index (χ4v) is 2.05. The van der Waals surface area contributed by atoms with Crippen LogP contribution in [-0.4, -0.2) is 36.3 Å². The van der Waals surface area contributed by atoms with Crippen molar-refractivity contribution in [1.29, 1.82) is 5.26 Å². The summed E-state index contributed by atoms with van der Waals surface area (Å²) in [6.45, 7) is 0.611. The Morgan fingerprint density at radius 2 is 1.94 bits per heavy atom. The van der Waals surface area contributed by atoms with Crippen molar-refractivity contribution in [2.75, 3.05) is 24.5 Å². The summed E-state index contributed by atoms with van der Waals surface area (Å²) in [5, 5.41) is 8.98. The number of nitrogens with zero attached hydrogens (tertiary/aromatic N) is 3. The van der Waals surface area contributed by atoms with Gasteiger partial charge in [-0.05, 0) is 12.1 Å². The fraction of sp³-hybridized carbons (Fsp3) is 0.250. The number of hydrogen-bond acceptors (Lipinski definition) is 3. The summed E-state index contributed by atoms with van der Waals surface area (Å²) >= 11 is 6.00. The number of nitriles is 1. The molecule has 2 amide bonds. The van der Waals surface area contributed by atoms with E-state index in [1.165, 1.54) is 9.80 Å². The van der Waals surface area contributed by atoms with Crippen molar-refractivity contribution in [2.45, 2.75) is 0 Å². The van der Waals surface area contributed by atoms with Crippen LogP contribution in [0.3, 0.4) is 0 Å². The number of piperazine rings is 1. The lowest BCUT2D eigenvalue weighted by Gasteiger charge is -2.32. The zero-order chi connectivity index (χ0) is 13.1. The largest absolute Gasteiger partial charge is 0.319 e. The van der Waals surface area contributed by atoms with Crippen LogP contribution in [0.25, 0.3) is 0 Å². The molecular weight excluding hydrogens is 254 g/mol. The number of rotatable bonds is 2. The van der Waals surface area contributed by atoms with Gasteiger partial charge in [0.1, 0.15) is 6.54 Å². The van der Waals surface area contributed by atoms with E-state index in [1.807, 2.05) is 6.07 Å². The van der Waals surface area contributed by atoms with Gasteiger partial charge < -0.3 is 9.80 Å². The lowest BCUT2D eigenvalue weighted by Crippen LogP contribution is -2.54. The number of hydrogen-bond donors (Lipinski definition) is 0. The summed E-state index contributed by atoms with van der Waals surface area (Å²) in [5.74, 6) is -1.31. The molecule has 1 heterocycles. The Kier molecular flexibility index (Phi) is 3.49. The molecule has 1 aliphatic rings. The van der Waals surface area contributed by atoms with E-state index in [0.29, 0.717) is 23.8 Å². The maximum absolute atomic E-state index is 11.9. The van der Waals surface area contributed by atoms with Crippen molar-refractivity contribution in [1.82, 2.24) is 4.90 Å². The molecule has 1 aliphatic heterocycles. The Morgan fingerprint density at radius 3 is 2.61 bits per heavy atom. The first-order valence-corrected chi connectivity index (χ1v) is 5.75. The second-order valence-electron chi connectivity index (χ2n) is 3.79. The van der Waals surface area contributed by atoms with Crippen LogP contribution in [0.1, 0.15) is 0 Å². The Bertz CT molecular complexity index is 538. The smallest absolute Gasteiger partial charge is 0.316 e. The molecular formula is C12H10ClN3O2. The molecule has 1 saturated heterocycles. The van der Waals surface area contributed by atoms with E-state index >= 15 is 0 Å². The van der Waals surface area contributed by atoms with Gasteiger partial charge in [-0.15, -0.1) is 0 Å². The first-order valence-electron chi connectivity index (χ1n) is 5.37. The normalized spacial score (nSPS) is 15.8. The van der Waals surface area contributed by atoms with Crippen molar-refractivity contribution in [3.63, 3.8) is 0 Å². The van der Waals surface area contributed by atoms with E-state index in [-0.39, 0.29) is 6.54 Å². The molecule has 6 heteroatoms. The van der Waals surface area contributed by atoms with Crippen LogP contribution < -0.4 is 4.90 Å². The van der Waals surface area contributed by atoms with Crippen molar-refractivity contribution >= 4 is 29.1 Å². The van der Waals surface area contributed by atoms with E-state index in [2.05, 4.69) is 0 Å². The molecule has 0 N–H and O–H groups in total. The molecule has 2 rings (SSSR count). The summed E-state index contributed by atoms with van der Waals surface area (Å²) in [6.07, 6.45) is 0. The molecule has 1 aromatic carbocycles.